The summed E-state index contributed by atoms with van der Waals surface area (Å²) >= 11 is 7.92. The van der Waals surface area contributed by atoms with Gasteiger partial charge in [-0.05, 0) is 36.7 Å². The number of nitrogens with zero attached hydrogens (tertiary/aromatic N) is 3. The van der Waals surface area contributed by atoms with Gasteiger partial charge in [-0.1, -0.05) is 11.6 Å². The van der Waals surface area contributed by atoms with Gasteiger partial charge in [-0.2, -0.15) is 0 Å². The highest BCUT2D eigenvalue weighted by atomic mass is 127. The van der Waals surface area contributed by atoms with Gasteiger partial charge < -0.3 is 4.90 Å². The van der Waals surface area contributed by atoms with Crippen LogP contribution in [0.5, 0.6) is 0 Å². The smallest absolute Gasteiger partial charge is 0.146 e. The van der Waals surface area contributed by atoms with Crippen molar-refractivity contribution in [1.82, 2.24) is 14.9 Å². The third-order valence-electron chi connectivity index (χ3n) is 1.21. The van der Waals surface area contributed by atoms with Crippen molar-refractivity contribution in [2.75, 3.05) is 14.1 Å². The normalized spacial score (nSPS) is 10.8. The predicted octanol–water partition coefficient (Wildman–Crippen LogP) is 1.80. The Labute approximate surface area is 90.3 Å². The van der Waals surface area contributed by atoms with Crippen LogP contribution in [0.3, 0.4) is 0 Å². The molecule has 0 aromatic carbocycles. The fourth-order valence-electron chi connectivity index (χ4n) is 0.739. The van der Waals surface area contributed by atoms with E-state index in [-0.39, 0.29) is 0 Å². The third-order valence-corrected chi connectivity index (χ3v) is 2.61. The van der Waals surface area contributed by atoms with Gasteiger partial charge in [-0.25, -0.2) is 9.97 Å². The first-order valence-electron chi connectivity index (χ1n) is 3.41. The zero-order valence-corrected chi connectivity index (χ0v) is 9.80. The zero-order valence-electron chi connectivity index (χ0n) is 6.88. The molecule has 66 valence electrons. The van der Waals surface area contributed by atoms with E-state index in [0.29, 0.717) is 5.15 Å². The summed E-state index contributed by atoms with van der Waals surface area (Å²) in [6, 6.07) is 0. The highest BCUT2D eigenvalue weighted by Gasteiger charge is 2.02. The van der Waals surface area contributed by atoms with E-state index in [2.05, 4.69) is 32.6 Å². The zero-order chi connectivity index (χ0) is 9.14. The molecular formula is C7H9ClIN3. The Bertz CT molecular complexity index is 277. The van der Waals surface area contributed by atoms with Crippen LogP contribution in [0, 0.1) is 3.57 Å². The van der Waals surface area contributed by atoms with E-state index in [0.717, 1.165) is 15.9 Å². The Morgan fingerprint density at radius 2 is 2.25 bits per heavy atom. The first-order valence-corrected chi connectivity index (χ1v) is 4.87. The Morgan fingerprint density at radius 1 is 1.58 bits per heavy atom. The van der Waals surface area contributed by atoms with Gasteiger partial charge in [-0.15, -0.1) is 0 Å². The van der Waals surface area contributed by atoms with Crippen LogP contribution in [0.4, 0.5) is 0 Å². The lowest BCUT2D eigenvalue weighted by Gasteiger charge is -2.07. The Balaban J connectivity index is 2.82. The van der Waals surface area contributed by atoms with Crippen LogP contribution in [0.2, 0.25) is 5.15 Å². The fourth-order valence-corrected chi connectivity index (χ4v) is 1.15. The highest BCUT2D eigenvalue weighted by molar-refractivity contribution is 14.1. The molecule has 0 saturated carbocycles. The molecular weight excluding hydrogens is 288 g/mol. The van der Waals surface area contributed by atoms with E-state index in [1.165, 1.54) is 0 Å². The maximum absolute atomic E-state index is 5.82. The standard InChI is InChI=1S/C7H9ClIN3/c1-12(2)4-6-10-3-5(9)7(8)11-6/h3H,4H2,1-2H3. The fraction of sp³-hybridized carbons (Fsp3) is 0.429. The summed E-state index contributed by atoms with van der Waals surface area (Å²) in [5.74, 6) is 0.755. The molecule has 5 heteroatoms. The molecule has 0 spiro atoms. The van der Waals surface area contributed by atoms with E-state index >= 15 is 0 Å². The van der Waals surface area contributed by atoms with Crippen LogP contribution in [0.25, 0.3) is 0 Å². The minimum Gasteiger partial charge on any atom is -0.302 e. The van der Waals surface area contributed by atoms with E-state index in [1.807, 2.05) is 19.0 Å². The Kier molecular flexibility index (Phi) is 3.67. The summed E-state index contributed by atoms with van der Waals surface area (Å²) in [4.78, 5) is 10.3. The first-order chi connectivity index (χ1) is 5.59. The lowest BCUT2D eigenvalue weighted by Crippen LogP contribution is -2.13. The number of halogens is 2. The largest absolute Gasteiger partial charge is 0.302 e. The molecule has 0 radical (unpaired) electrons. The van der Waals surface area contributed by atoms with Gasteiger partial charge in [0.1, 0.15) is 11.0 Å². The summed E-state index contributed by atoms with van der Waals surface area (Å²) in [7, 11) is 3.93. The molecule has 0 fully saturated rings. The van der Waals surface area contributed by atoms with Crippen molar-refractivity contribution in [2.24, 2.45) is 0 Å². The van der Waals surface area contributed by atoms with Crippen LogP contribution >= 0.6 is 34.2 Å². The quantitative estimate of drug-likeness (QED) is 0.616. The maximum atomic E-state index is 5.82. The summed E-state index contributed by atoms with van der Waals surface area (Å²) in [5.41, 5.74) is 0. The molecule has 0 aliphatic heterocycles. The lowest BCUT2D eigenvalue weighted by atomic mass is 10.5. The molecule has 1 rings (SSSR count). The van der Waals surface area contributed by atoms with Gasteiger partial charge in [0.15, 0.2) is 0 Å². The highest BCUT2D eigenvalue weighted by Crippen LogP contribution is 2.13. The van der Waals surface area contributed by atoms with Gasteiger partial charge in [-0.3, -0.25) is 0 Å². The molecule has 0 N–H and O–H groups in total. The van der Waals surface area contributed by atoms with E-state index in [1.54, 1.807) is 6.20 Å². The second kappa shape index (κ2) is 4.34. The number of rotatable bonds is 2. The molecule has 1 aromatic heterocycles. The SMILES string of the molecule is CN(C)Cc1ncc(I)c(Cl)n1. The van der Waals surface area contributed by atoms with Crippen LogP contribution < -0.4 is 0 Å². The third kappa shape index (κ3) is 2.84. The van der Waals surface area contributed by atoms with Gasteiger partial charge in [0, 0.05) is 6.20 Å². The molecule has 0 aliphatic rings. The van der Waals surface area contributed by atoms with Gasteiger partial charge >= 0.3 is 0 Å². The molecule has 0 unspecified atom stereocenters. The average Bonchev–Trinajstić information content (AvgIpc) is 1.96. The summed E-state index contributed by atoms with van der Waals surface area (Å²) in [6.45, 7) is 0.719. The Hall–Kier alpha value is 0.0600. The van der Waals surface area contributed by atoms with E-state index < -0.39 is 0 Å². The topological polar surface area (TPSA) is 29.0 Å². The van der Waals surface area contributed by atoms with Crippen LogP contribution in [-0.4, -0.2) is 29.0 Å². The Morgan fingerprint density at radius 3 is 2.75 bits per heavy atom. The second-order valence-corrected chi connectivity index (χ2v) is 4.18. The average molecular weight is 298 g/mol. The van der Waals surface area contributed by atoms with Crippen molar-refractivity contribution in [1.29, 1.82) is 0 Å². The summed E-state index contributed by atoms with van der Waals surface area (Å²) in [5, 5.41) is 0.530. The first kappa shape index (κ1) is 10.1. The summed E-state index contributed by atoms with van der Waals surface area (Å²) < 4.78 is 0.886. The molecule has 1 heterocycles. The van der Waals surface area contributed by atoms with Crippen molar-refractivity contribution in [3.8, 4) is 0 Å². The minimum absolute atomic E-state index is 0.530. The van der Waals surface area contributed by atoms with Crippen molar-refractivity contribution in [2.45, 2.75) is 6.54 Å². The minimum atomic E-state index is 0.530. The van der Waals surface area contributed by atoms with Gasteiger partial charge in [0.2, 0.25) is 0 Å². The molecule has 0 aliphatic carbocycles. The van der Waals surface area contributed by atoms with Crippen molar-refractivity contribution < 1.29 is 0 Å². The van der Waals surface area contributed by atoms with E-state index in [9.17, 15) is 0 Å². The maximum Gasteiger partial charge on any atom is 0.146 e. The molecule has 0 bridgehead atoms. The molecule has 0 amide bonds. The molecule has 0 saturated heterocycles. The molecule has 0 atom stereocenters. The molecule has 12 heavy (non-hydrogen) atoms. The van der Waals surface area contributed by atoms with Gasteiger partial charge in [0.25, 0.3) is 0 Å². The molecule has 1 aromatic rings. The number of hydrogen-bond acceptors (Lipinski definition) is 3. The van der Waals surface area contributed by atoms with E-state index in [4.69, 9.17) is 11.6 Å². The molecule has 3 nitrogen and oxygen atoms in total. The predicted molar refractivity (Wildman–Crippen MR) is 57.2 cm³/mol. The monoisotopic (exact) mass is 297 g/mol. The van der Waals surface area contributed by atoms with Crippen molar-refractivity contribution in [3.63, 3.8) is 0 Å². The van der Waals surface area contributed by atoms with Crippen LogP contribution in [-0.2, 0) is 6.54 Å². The van der Waals surface area contributed by atoms with Gasteiger partial charge in [0.05, 0.1) is 10.1 Å². The van der Waals surface area contributed by atoms with Crippen molar-refractivity contribution >= 4 is 34.2 Å². The number of hydrogen-bond donors (Lipinski definition) is 0. The summed E-state index contributed by atoms with van der Waals surface area (Å²) in [6.07, 6.45) is 1.73. The van der Waals surface area contributed by atoms with Crippen LogP contribution in [0.1, 0.15) is 5.82 Å². The number of aromatic nitrogens is 2. The van der Waals surface area contributed by atoms with Crippen molar-refractivity contribution in [3.05, 3.63) is 20.7 Å². The second-order valence-electron chi connectivity index (χ2n) is 2.66. The lowest BCUT2D eigenvalue weighted by molar-refractivity contribution is 0.390. The van der Waals surface area contributed by atoms with Crippen LogP contribution in [0.15, 0.2) is 6.20 Å².